The Kier molecular flexibility index (Phi) is 3.97. The third-order valence-electron chi connectivity index (χ3n) is 4.04. The molecule has 0 unspecified atom stereocenters. The Morgan fingerprint density at radius 3 is 2.12 bits per heavy atom. The fourth-order valence-electron chi connectivity index (χ4n) is 2.82. The SMILES string of the molecule is O=c1c2ccccc2nc(/C=C/c2ccccc2)n1-c1ccccc1. The van der Waals surface area contributed by atoms with Crippen LogP contribution < -0.4 is 5.56 Å². The molecule has 0 atom stereocenters. The Morgan fingerprint density at radius 2 is 1.36 bits per heavy atom. The van der Waals surface area contributed by atoms with E-state index in [1.165, 1.54) is 0 Å². The summed E-state index contributed by atoms with van der Waals surface area (Å²) >= 11 is 0. The van der Waals surface area contributed by atoms with Crippen LogP contribution in [0.3, 0.4) is 0 Å². The molecule has 0 bridgehead atoms. The number of benzene rings is 3. The van der Waals surface area contributed by atoms with Gasteiger partial charge in [0.2, 0.25) is 0 Å². The van der Waals surface area contributed by atoms with Gasteiger partial charge in [0.1, 0.15) is 5.82 Å². The van der Waals surface area contributed by atoms with Crippen LogP contribution in [0.1, 0.15) is 11.4 Å². The van der Waals surface area contributed by atoms with Crippen LogP contribution in [0.25, 0.3) is 28.7 Å². The predicted octanol–water partition coefficient (Wildman–Crippen LogP) is 4.56. The minimum absolute atomic E-state index is 0.0653. The van der Waals surface area contributed by atoms with Gasteiger partial charge < -0.3 is 0 Å². The first kappa shape index (κ1) is 15.1. The van der Waals surface area contributed by atoms with E-state index in [-0.39, 0.29) is 5.56 Å². The first-order valence-corrected chi connectivity index (χ1v) is 8.13. The average Bonchev–Trinajstić information content (AvgIpc) is 2.68. The molecule has 1 heterocycles. The second-order valence-corrected chi connectivity index (χ2v) is 5.71. The van der Waals surface area contributed by atoms with E-state index in [0.29, 0.717) is 16.7 Å². The summed E-state index contributed by atoms with van der Waals surface area (Å²) in [7, 11) is 0. The lowest BCUT2D eigenvalue weighted by atomic mass is 10.2. The van der Waals surface area contributed by atoms with Gasteiger partial charge in [-0.25, -0.2) is 4.98 Å². The van der Waals surface area contributed by atoms with Gasteiger partial charge in [0.25, 0.3) is 5.56 Å². The van der Waals surface area contributed by atoms with Crippen LogP contribution in [0, 0.1) is 0 Å². The first-order valence-electron chi connectivity index (χ1n) is 8.13. The smallest absolute Gasteiger partial charge is 0.266 e. The monoisotopic (exact) mass is 324 g/mol. The molecule has 0 spiro atoms. The quantitative estimate of drug-likeness (QED) is 0.554. The molecule has 0 amide bonds. The Bertz CT molecular complexity index is 1100. The van der Waals surface area contributed by atoms with Crippen molar-refractivity contribution >= 4 is 23.1 Å². The minimum atomic E-state index is -0.0653. The molecule has 4 rings (SSSR count). The van der Waals surface area contributed by atoms with E-state index in [0.717, 1.165) is 11.3 Å². The van der Waals surface area contributed by atoms with Crippen molar-refractivity contribution in [2.75, 3.05) is 0 Å². The third kappa shape index (κ3) is 3.00. The van der Waals surface area contributed by atoms with Crippen molar-refractivity contribution in [1.29, 1.82) is 0 Å². The third-order valence-corrected chi connectivity index (χ3v) is 4.04. The number of fused-ring (bicyclic) bond motifs is 1. The van der Waals surface area contributed by atoms with E-state index in [1.54, 1.807) is 4.57 Å². The van der Waals surface area contributed by atoms with Crippen molar-refractivity contribution in [3.05, 3.63) is 107 Å². The Morgan fingerprint density at radius 1 is 0.720 bits per heavy atom. The summed E-state index contributed by atoms with van der Waals surface area (Å²) in [5.41, 5.74) is 2.50. The molecule has 25 heavy (non-hydrogen) atoms. The maximum atomic E-state index is 13.1. The van der Waals surface area contributed by atoms with E-state index >= 15 is 0 Å². The molecule has 0 aliphatic heterocycles. The van der Waals surface area contributed by atoms with Crippen LogP contribution in [0.4, 0.5) is 0 Å². The van der Waals surface area contributed by atoms with Gasteiger partial charge in [-0.3, -0.25) is 9.36 Å². The average molecular weight is 324 g/mol. The zero-order valence-electron chi connectivity index (χ0n) is 13.5. The molecule has 0 aliphatic rings. The van der Waals surface area contributed by atoms with Crippen molar-refractivity contribution in [2.24, 2.45) is 0 Å². The number of nitrogens with zero attached hydrogens (tertiary/aromatic N) is 2. The summed E-state index contributed by atoms with van der Waals surface area (Å²) < 4.78 is 1.65. The van der Waals surface area contributed by atoms with Crippen LogP contribution in [0.15, 0.2) is 89.7 Å². The highest BCUT2D eigenvalue weighted by Crippen LogP contribution is 2.15. The zero-order chi connectivity index (χ0) is 17.1. The molecule has 0 saturated heterocycles. The normalized spacial score (nSPS) is 11.2. The summed E-state index contributed by atoms with van der Waals surface area (Å²) in [6, 6.07) is 27.0. The molecular formula is C22H16N2O. The van der Waals surface area contributed by atoms with Gasteiger partial charge in [0.05, 0.1) is 16.6 Å². The fourth-order valence-corrected chi connectivity index (χ4v) is 2.82. The van der Waals surface area contributed by atoms with Crippen molar-refractivity contribution in [3.63, 3.8) is 0 Å². The van der Waals surface area contributed by atoms with Gasteiger partial charge in [0, 0.05) is 0 Å². The molecule has 3 heteroatoms. The van der Waals surface area contributed by atoms with E-state index in [1.807, 2.05) is 97.1 Å². The van der Waals surface area contributed by atoms with Crippen molar-refractivity contribution in [1.82, 2.24) is 9.55 Å². The largest absolute Gasteiger partial charge is 0.268 e. The maximum absolute atomic E-state index is 13.1. The number of rotatable bonds is 3. The van der Waals surface area contributed by atoms with E-state index in [2.05, 4.69) is 0 Å². The predicted molar refractivity (Wildman–Crippen MR) is 103 cm³/mol. The van der Waals surface area contributed by atoms with Crippen LogP contribution in [0.5, 0.6) is 0 Å². The van der Waals surface area contributed by atoms with Gasteiger partial charge in [-0.15, -0.1) is 0 Å². The highest BCUT2D eigenvalue weighted by atomic mass is 16.1. The van der Waals surface area contributed by atoms with E-state index in [9.17, 15) is 4.79 Å². The Hall–Kier alpha value is -3.46. The highest BCUT2D eigenvalue weighted by molar-refractivity contribution is 5.80. The van der Waals surface area contributed by atoms with Crippen LogP contribution >= 0.6 is 0 Å². The maximum Gasteiger partial charge on any atom is 0.266 e. The lowest BCUT2D eigenvalue weighted by molar-refractivity contribution is 0.944. The van der Waals surface area contributed by atoms with Gasteiger partial charge in [-0.2, -0.15) is 0 Å². The lowest BCUT2D eigenvalue weighted by Gasteiger charge is -2.11. The van der Waals surface area contributed by atoms with E-state index < -0.39 is 0 Å². The van der Waals surface area contributed by atoms with Gasteiger partial charge in [-0.1, -0.05) is 66.7 Å². The molecule has 3 nitrogen and oxygen atoms in total. The molecule has 120 valence electrons. The number of hydrogen-bond acceptors (Lipinski definition) is 2. The Labute approximate surface area is 145 Å². The minimum Gasteiger partial charge on any atom is -0.268 e. The molecule has 1 aromatic heterocycles. The lowest BCUT2D eigenvalue weighted by Crippen LogP contribution is -2.22. The number of hydrogen-bond donors (Lipinski definition) is 0. The van der Waals surface area contributed by atoms with Crippen LogP contribution in [-0.4, -0.2) is 9.55 Å². The standard InChI is InChI=1S/C22H16N2O/c25-22-19-13-7-8-14-20(19)23-21(16-15-17-9-3-1-4-10-17)24(22)18-11-5-2-6-12-18/h1-16H/b16-15+. The van der Waals surface area contributed by atoms with Gasteiger partial charge in [-0.05, 0) is 35.9 Å². The van der Waals surface area contributed by atoms with Crippen LogP contribution in [-0.2, 0) is 0 Å². The number of aromatic nitrogens is 2. The zero-order valence-corrected chi connectivity index (χ0v) is 13.5. The molecule has 0 radical (unpaired) electrons. The molecule has 0 aliphatic carbocycles. The topological polar surface area (TPSA) is 34.9 Å². The second kappa shape index (κ2) is 6.57. The van der Waals surface area contributed by atoms with Crippen LogP contribution in [0.2, 0.25) is 0 Å². The Balaban J connectivity index is 1.96. The summed E-state index contributed by atoms with van der Waals surface area (Å²) in [5, 5.41) is 0.614. The first-order chi connectivity index (χ1) is 12.3. The molecule has 0 fully saturated rings. The highest BCUT2D eigenvalue weighted by Gasteiger charge is 2.10. The second-order valence-electron chi connectivity index (χ2n) is 5.71. The van der Waals surface area contributed by atoms with Gasteiger partial charge in [0.15, 0.2) is 0 Å². The summed E-state index contributed by atoms with van der Waals surface area (Å²) in [6.07, 6.45) is 3.85. The molecule has 0 saturated carbocycles. The molecule has 4 aromatic rings. The summed E-state index contributed by atoms with van der Waals surface area (Å²) in [5.74, 6) is 0.610. The van der Waals surface area contributed by atoms with Crippen molar-refractivity contribution < 1.29 is 0 Å². The number of para-hydroxylation sites is 2. The van der Waals surface area contributed by atoms with E-state index in [4.69, 9.17) is 4.98 Å². The summed E-state index contributed by atoms with van der Waals surface area (Å²) in [6.45, 7) is 0. The molecular weight excluding hydrogens is 308 g/mol. The van der Waals surface area contributed by atoms with Crippen molar-refractivity contribution in [2.45, 2.75) is 0 Å². The van der Waals surface area contributed by atoms with Gasteiger partial charge >= 0.3 is 0 Å². The summed E-state index contributed by atoms with van der Waals surface area (Å²) in [4.78, 5) is 17.8. The van der Waals surface area contributed by atoms with Crippen molar-refractivity contribution in [3.8, 4) is 5.69 Å². The molecule has 0 N–H and O–H groups in total. The fraction of sp³-hybridized carbons (Fsp3) is 0. The molecule has 3 aromatic carbocycles.